The number of hydrogen-bond donors (Lipinski definition) is 0. The topological polar surface area (TPSA) is 25.4 Å². The van der Waals surface area contributed by atoms with Crippen molar-refractivity contribution in [2.75, 3.05) is 20.2 Å². The van der Waals surface area contributed by atoms with Crippen molar-refractivity contribution in [2.24, 2.45) is 11.8 Å². The molecular weight excluding hydrogens is 368 g/mol. The van der Waals surface area contributed by atoms with Crippen molar-refractivity contribution in [3.63, 3.8) is 0 Å². The van der Waals surface area contributed by atoms with E-state index in [-0.39, 0.29) is 0 Å². The highest BCUT2D eigenvalue weighted by molar-refractivity contribution is 5.84. The molecule has 3 aromatic rings. The summed E-state index contributed by atoms with van der Waals surface area (Å²) < 4.78 is 5.55. The number of pyridine rings is 1. The Bertz CT molecular complexity index is 1060. The minimum atomic E-state index is 0.316. The standard InChI is InChI=1S/C27H30N2O/c1-4-19-17-29-14-12-21(19)15-26(29)27(20-7-5-18(2)6-8-20)23-11-13-28-25-10-9-22(30-3)16-24(23)25/h4-11,13,16,19,21,26-27H,1,12,14-15,17H2,2-3H3/t19-,21-,26-,27-/m0/s1. The van der Waals surface area contributed by atoms with Crippen molar-refractivity contribution >= 4 is 10.9 Å². The van der Waals surface area contributed by atoms with E-state index in [0.717, 1.165) is 23.7 Å². The number of rotatable bonds is 5. The van der Waals surface area contributed by atoms with Gasteiger partial charge >= 0.3 is 0 Å². The monoisotopic (exact) mass is 398 g/mol. The first-order valence-corrected chi connectivity index (χ1v) is 11.0. The SMILES string of the molecule is C=C[C@H]1CN2CC[C@H]1C[C@H]2[C@@H](c1ccc(C)cc1)c1ccnc2ccc(OC)cc12. The third-order valence-electron chi connectivity index (χ3n) is 7.29. The van der Waals surface area contributed by atoms with E-state index in [4.69, 9.17) is 4.74 Å². The molecule has 2 bridgehead atoms. The molecule has 6 rings (SSSR count). The van der Waals surface area contributed by atoms with Crippen molar-refractivity contribution in [3.05, 3.63) is 84.1 Å². The predicted molar refractivity (Wildman–Crippen MR) is 123 cm³/mol. The molecule has 1 unspecified atom stereocenters. The van der Waals surface area contributed by atoms with Gasteiger partial charge in [-0.25, -0.2) is 0 Å². The minimum absolute atomic E-state index is 0.316. The zero-order chi connectivity index (χ0) is 20.7. The number of aromatic nitrogens is 1. The van der Waals surface area contributed by atoms with Gasteiger partial charge in [0.1, 0.15) is 5.75 Å². The zero-order valence-corrected chi connectivity index (χ0v) is 17.9. The highest BCUT2D eigenvalue weighted by atomic mass is 16.5. The average molecular weight is 399 g/mol. The van der Waals surface area contributed by atoms with Gasteiger partial charge in [-0.3, -0.25) is 9.88 Å². The Morgan fingerprint density at radius 3 is 2.70 bits per heavy atom. The third-order valence-corrected chi connectivity index (χ3v) is 7.29. The van der Waals surface area contributed by atoms with Gasteiger partial charge in [0.15, 0.2) is 0 Å². The first kappa shape index (κ1) is 19.3. The van der Waals surface area contributed by atoms with Crippen LogP contribution in [0.1, 0.15) is 35.4 Å². The lowest BCUT2D eigenvalue weighted by molar-refractivity contribution is 0.0121. The van der Waals surface area contributed by atoms with Crippen LogP contribution < -0.4 is 4.74 Å². The van der Waals surface area contributed by atoms with E-state index in [1.165, 1.54) is 41.5 Å². The number of fused-ring (bicyclic) bond motifs is 4. The van der Waals surface area contributed by atoms with Gasteiger partial charge in [-0.1, -0.05) is 35.9 Å². The molecular formula is C27H30N2O. The van der Waals surface area contributed by atoms with E-state index >= 15 is 0 Å². The Morgan fingerprint density at radius 2 is 2.00 bits per heavy atom. The number of methoxy groups -OCH3 is 1. The molecule has 3 aliphatic rings. The Kier molecular flexibility index (Phi) is 5.08. The second kappa shape index (κ2) is 7.88. The Morgan fingerprint density at radius 1 is 1.17 bits per heavy atom. The maximum Gasteiger partial charge on any atom is 0.119 e. The van der Waals surface area contributed by atoms with Gasteiger partial charge in [0.05, 0.1) is 12.6 Å². The third kappa shape index (κ3) is 3.31. The molecule has 0 amide bonds. The van der Waals surface area contributed by atoms with E-state index in [1.54, 1.807) is 7.11 Å². The molecule has 3 heteroatoms. The fraction of sp³-hybridized carbons (Fsp3) is 0.370. The summed E-state index contributed by atoms with van der Waals surface area (Å²) in [6.07, 6.45) is 6.66. The first-order chi connectivity index (χ1) is 14.7. The molecule has 4 heterocycles. The van der Waals surface area contributed by atoms with Gasteiger partial charge < -0.3 is 4.74 Å². The van der Waals surface area contributed by atoms with E-state index in [1.807, 2.05) is 12.3 Å². The minimum Gasteiger partial charge on any atom is -0.497 e. The Hall–Kier alpha value is -2.65. The highest BCUT2D eigenvalue weighted by Gasteiger charge is 2.43. The van der Waals surface area contributed by atoms with Crippen LogP contribution in [0.4, 0.5) is 0 Å². The van der Waals surface area contributed by atoms with E-state index in [9.17, 15) is 0 Å². The molecule has 2 aromatic carbocycles. The van der Waals surface area contributed by atoms with Crippen molar-refractivity contribution < 1.29 is 4.74 Å². The van der Waals surface area contributed by atoms with Crippen LogP contribution in [0.3, 0.4) is 0 Å². The molecule has 0 aliphatic carbocycles. The van der Waals surface area contributed by atoms with Crippen molar-refractivity contribution in [1.29, 1.82) is 0 Å². The lowest BCUT2D eigenvalue weighted by Crippen LogP contribution is -2.55. The van der Waals surface area contributed by atoms with Crippen LogP contribution in [0.25, 0.3) is 10.9 Å². The van der Waals surface area contributed by atoms with Gasteiger partial charge in [-0.05, 0) is 73.5 Å². The maximum absolute atomic E-state index is 5.55. The molecule has 0 radical (unpaired) electrons. The van der Waals surface area contributed by atoms with Crippen LogP contribution in [0.15, 0.2) is 67.4 Å². The molecule has 3 saturated heterocycles. The van der Waals surface area contributed by atoms with Crippen LogP contribution in [0.5, 0.6) is 5.75 Å². The van der Waals surface area contributed by atoms with Gasteiger partial charge in [-0.15, -0.1) is 6.58 Å². The summed E-state index contributed by atoms with van der Waals surface area (Å²) in [7, 11) is 1.73. The van der Waals surface area contributed by atoms with E-state index in [0.29, 0.717) is 17.9 Å². The normalized spacial score (nSPS) is 26.5. The van der Waals surface area contributed by atoms with Crippen molar-refractivity contribution in [2.45, 2.75) is 31.7 Å². The molecule has 0 saturated carbocycles. The number of benzene rings is 2. The lowest BCUT2D eigenvalue weighted by Gasteiger charge is -2.52. The van der Waals surface area contributed by atoms with Gasteiger partial charge in [0.25, 0.3) is 0 Å². The van der Waals surface area contributed by atoms with Crippen LogP contribution >= 0.6 is 0 Å². The van der Waals surface area contributed by atoms with Crippen molar-refractivity contribution in [3.8, 4) is 5.75 Å². The summed E-state index contributed by atoms with van der Waals surface area (Å²) in [5.74, 6) is 2.57. The number of ether oxygens (including phenoxy) is 1. The first-order valence-electron chi connectivity index (χ1n) is 11.0. The smallest absolute Gasteiger partial charge is 0.119 e. The molecule has 5 atom stereocenters. The second-order valence-electron chi connectivity index (χ2n) is 8.92. The molecule has 3 fully saturated rings. The predicted octanol–water partition coefficient (Wildman–Crippen LogP) is 5.58. The fourth-order valence-electron chi connectivity index (χ4n) is 5.65. The number of hydrogen-bond acceptors (Lipinski definition) is 3. The highest BCUT2D eigenvalue weighted by Crippen LogP contribution is 2.45. The number of nitrogens with zero attached hydrogens (tertiary/aromatic N) is 2. The molecule has 1 aromatic heterocycles. The van der Waals surface area contributed by atoms with Gasteiger partial charge in [0, 0.05) is 30.1 Å². The maximum atomic E-state index is 5.55. The lowest BCUT2D eigenvalue weighted by atomic mass is 9.69. The summed E-state index contributed by atoms with van der Waals surface area (Å²) in [6, 6.07) is 18.1. The number of piperidine rings is 3. The molecule has 0 spiro atoms. The summed E-state index contributed by atoms with van der Waals surface area (Å²) in [4.78, 5) is 7.36. The molecule has 3 aliphatic heterocycles. The van der Waals surface area contributed by atoms with Crippen LogP contribution in [-0.4, -0.2) is 36.1 Å². The Labute approximate surface area is 179 Å². The van der Waals surface area contributed by atoms with Gasteiger partial charge in [0.2, 0.25) is 0 Å². The van der Waals surface area contributed by atoms with Crippen LogP contribution in [0.2, 0.25) is 0 Å². The quantitative estimate of drug-likeness (QED) is 0.525. The molecule has 3 nitrogen and oxygen atoms in total. The summed E-state index contributed by atoms with van der Waals surface area (Å²) in [5, 5.41) is 1.20. The fourth-order valence-corrected chi connectivity index (χ4v) is 5.65. The van der Waals surface area contributed by atoms with E-state index in [2.05, 4.69) is 71.9 Å². The zero-order valence-electron chi connectivity index (χ0n) is 17.9. The van der Waals surface area contributed by atoms with Crippen molar-refractivity contribution in [1.82, 2.24) is 9.88 Å². The molecule has 0 N–H and O–H groups in total. The average Bonchev–Trinajstić information content (AvgIpc) is 2.80. The van der Waals surface area contributed by atoms with Gasteiger partial charge in [-0.2, -0.15) is 0 Å². The summed E-state index contributed by atoms with van der Waals surface area (Å²) in [6.45, 7) is 8.59. The molecule has 154 valence electrons. The summed E-state index contributed by atoms with van der Waals surface area (Å²) in [5.41, 5.74) is 5.08. The van der Waals surface area contributed by atoms with Crippen LogP contribution in [0, 0.1) is 18.8 Å². The second-order valence-corrected chi connectivity index (χ2v) is 8.92. The largest absolute Gasteiger partial charge is 0.497 e. The van der Waals surface area contributed by atoms with E-state index < -0.39 is 0 Å². The Balaban J connectivity index is 1.66. The summed E-state index contributed by atoms with van der Waals surface area (Å²) >= 11 is 0. The van der Waals surface area contributed by atoms with Crippen LogP contribution in [-0.2, 0) is 0 Å². The molecule has 30 heavy (non-hydrogen) atoms. The number of aryl methyl sites for hydroxylation is 1.